The fourth-order valence-electron chi connectivity index (χ4n) is 3.28. The number of ether oxygens (including phenoxy) is 1. The summed E-state index contributed by atoms with van der Waals surface area (Å²) in [7, 11) is 0. The zero-order chi connectivity index (χ0) is 13.7. The number of benzene rings is 1. The average molecular weight is 258 g/mol. The third kappa shape index (κ3) is 2.13. The van der Waals surface area contributed by atoms with Crippen molar-refractivity contribution >= 4 is 5.76 Å². The Hall–Kier alpha value is -1.44. The second kappa shape index (κ2) is 4.03. The van der Waals surface area contributed by atoms with E-state index in [1.165, 1.54) is 18.4 Å². The molecule has 2 heteroatoms. The largest absolute Gasteiger partial charge is 0.508 e. The van der Waals surface area contributed by atoms with Gasteiger partial charge in [0.15, 0.2) is 0 Å². The summed E-state index contributed by atoms with van der Waals surface area (Å²) in [6, 6.07) is 7.41. The average Bonchev–Trinajstić information content (AvgIpc) is 2.66. The summed E-state index contributed by atoms with van der Waals surface area (Å²) in [5, 5.41) is 9.66. The molecule has 1 N–H and O–H groups in total. The standard InChI is InChI=1S/C17H22O2/c1-16(2)7-8-17(3)11-19-15(14(17)10-16)12-5-4-6-13(18)9-12/h4-6,9,18H,7-8,10-11H2,1-3H3. The van der Waals surface area contributed by atoms with E-state index in [0.29, 0.717) is 11.2 Å². The summed E-state index contributed by atoms with van der Waals surface area (Å²) >= 11 is 0. The van der Waals surface area contributed by atoms with Gasteiger partial charge < -0.3 is 9.84 Å². The SMILES string of the molecule is CC1(C)CCC2(C)COC(c3cccc(O)c3)=C2C1. The number of aromatic hydroxyl groups is 1. The van der Waals surface area contributed by atoms with E-state index in [-0.39, 0.29) is 5.41 Å². The molecule has 3 rings (SSSR count). The lowest BCUT2D eigenvalue weighted by Gasteiger charge is -2.39. The van der Waals surface area contributed by atoms with Crippen LogP contribution in [0.2, 0.25) is 0 Å². The highest BCUT2D eigenvalue weighted by atomic mass is 16.5. The van der Waals surface area contributed by atoms with Crippen molar-refractivity contribution in [3.63, 3.8) is 0 Å². The van der Waals surface area contributed by atoms with Crippen LogP contribution in [0.15, 0.2) is 29.8 Å². The number of hydrogen-bond donors (Lipinski definition) is 1. The first-order valence-corrected chi connectivity index (χ1v) is 7.06. The summed E-state index contributed by atoms with van der Waals surface area (Å²) in [5.41, 5.74) is 2.99. The van der Waals surface area contributed by atoms with Gasteiger partial charge in [0.05, 0.1) is 6.61 Å². The van der Waals surface area contributed by atoms with Gasteiger partial charge in [0.1, 0.15) is 11.5 Å². The maximum absolute atomic E-state index is 9.66. The summed E-state index contributed by atoms with van der Waals surface area (Å²) < 4.78 is 6.01. The quantitative estimate of drug-likeness (QED) is 0.811. The summed E-state index contributed by atoms with van der Waals surface area (Å²) in [6.07, 6.45) is 3.54. The molecular formula is C17H22O2. The van der Waals surface area contributed by atoms with Crippen LogP contribution in [0.4, 0.5) is 0 Å². The first-order chi connectivity index (χ1) is 8.90. The van der Waals surface area contributed by atoms with Gasteiger partial charge in [0, 0.05) is 11.0 Å². The molecule has 1 heterocycles. The zero-order valence-corrected chi connectivity index (χ0v) is 12.0. The lowest BCUT2D eigenvalue weighted by atomic mass is 9.63. The highest BCUT2D eigenvalue weighted by Crippen LogP contribution is 2.54. The van der Waals surface area contributed by atoms with Gasteiger partial charge in [-0.25, -0.2) is 0 Å². The van der Waals surface area contributed by atoms with Crippen LogP contribution >= 0.6 is 0 Å². The van der Waals surface area contributed by atoms with E-state index in [9.17, 15) is 5.11 Å². The van der Waals surface area contributed by atoms with E-state index in [2.05, 4.69) is 20.8 Å². The molecule has 1 unspecified atom stereocenters. The van der Waals surface area contributed by atoms with Gasteiger partial charge in [-0.3, -0.25) is 0 Å². The smallest absolute Gasteiger partial charge is 0.126 e. The molecule has 1 fully saturated rings. The van der Waals surface area contributed by atoms with Gasteiger partial charge in [-0.15, -0.1) is 0 Å². The molecule has 1 aromatic carbocycles. The van der Waals surface area contributed by atoms with Crippen molar-refractivity contribution in [2.45, 2.75) is 40.0 Å². The molecule has 0 bridgehead atoms. The Bertz CT molecular complexity index is 542. The zero-order valence-electron chi connectivity index (χ0n) is 12.0. The number of phenolic OH excluding ortho intramolecular Hbond substituents is 1. The second-order valence-corrected chi connectivity index (χ2v) is 7.05. The van der Waals surface area contributed by atoms with Gasteiger partial charge in [-0.1, -0.05) is 32.9 Å². The molecule has 1 aromatic rings. The van der Waals surface area contributed by atoms with Crippen molar-refractivity contribution in [3.05, 3.63) is 35.4 Å². The maximum atomic E-state index is 9.66. The number of hydrogen-bond acceptors (Lipinski definition) is 2. The van der Waals surface area contributed by atoms with Crippen LogP contribution in [0, 0.1) is 10.8 Å². The Labute approximate surface area is 115 Å². The molecule has 1 saturated carbocycles. The van der Waals surface area contributed by atoms with Crippen LogP contribution in [0.5, 0.6) is 5.75 Å². The predicted molar refractivity (Wildman–Crippen MR) is 76.7 cm³/mol. The Morgan fingerprint density at radius 1 is 1.16 bits per heavy atom. The first kappa shape index (κ1) is 12.6. The van der Waals surface area contributed by atoms with Crippen LogP contribution in [-0.2, 0) is 4.74 Å². The molecule has 2 aliphatic rings. The van der Waals surface area contributed by atoms with Crippen LogP contribution in [-0.4, -0.2) is 11.7 Å². The molecule has 2 nitrogen and oxygen atoms in total. The molecule has 0 radical (unpaired) electrons. The molecule has 0 aromatic heterocycles. The predicted octanol–water partition coefficient (Wildman–Crippen LogP) is 4.35. The molecule has 102 valence electrons. The van der Waals surface area contributed by atoms with E-state index in [1.54, 1.807) is 12.1 Å². The van der Waals surface area contributed by atoms with E-state index in [4.69, 9.17) is 4.74 Å². The van der Waals surface area contributed by atoms with Crippen molar-refractivity contribution in [2.75, 3.05) is 6.61 Å². The lowest BCUT2D eigenvalue weighted by molar-refractivity contribution is 0.143. The highest BCUT2D eigenvalue weighted by Gasteiger charge is 2.45. The molecule has 0 amide bonds. The molecule has 19 heavy (non-hydrogen) atoms. The van der Waals surface area contributed by atoms with Crippen molar-refractivity contribution in [2.24, 2.45) is 10.8 Å². The van der Waals surface area contributed by atoms with Crippen LogP contribution in [0.1, 0.15) is 45.6 Å². The number of rotatable bonds is 1. The van der Waals surface area contributed by atoms with Gasteiger partial charge in [0.2, 0.25) is 0 Å². The van der Waals surface area contributed by atoms with Gasteiger partial charge in [-0.05, 0) is 42.4 Å². The van der Waals surface area contributed by atoms with E-state index >= 15 is 0 Å². The highest BCUT2D eigenvalue weighted by molar-refractivity contribution is 5.68. The fraction of sp³-hybridized carbons (Fsp3) is 0.529. The number of fused-ring (bicyclic) bond motifs is 1. The maximum Gasteiger partial charge on any atom is 0.126 e. The first-order valence-electron chi connectivity index (χ1n) is 7.06. The van der Waals surface area contributed by atoms with Crippen LogP contribution < -0.4 is 0 Å². The Balaban J connectivity index is 2.07. The van der Waals surface area contributed by atoms with Crippen molar-refractivity contribution in [1.82, 2.24) is 0 Å². The monoisotopic (exact) mass is 258 g/mol. The molecule has 1 atom stereocenters. The van der Waals surface area contributed by atoms with E-state index < -0.39 is 0 Å². The minimum absolute atomic E-state index is 0.191. The third-order valence-electron chi connectivity index (χ3n) is 4.65. The topological polar surface area (TPSA) is 29.5 Å². The van der Waals surface area contributed by atoms with Crippen molar-refractivity contribution in [3.8, 4) is 5.75 Å². The van der Waals surface area contributed by atoms with Crippen LogP contribution in [0.25, 0.3) is 5.76 Å². The summed E-state index contributed by atoms with van der Waals surface area (Å²) in [5.74, 6) is 1.31. The van der Waals surface area contributed by atoms with Crippen LogP contribution in [0.3, 0.4) is 0 Å². The Morgan fingerprint density at radius 3 is 2.68 bits per heavy atom. The molecule has 1 aliphatic carbocycles. The van der Waals surface area contributed by atoms with Crippen molar-refractivity contribution < 1.29 is 9.84 Å². The summed E-state index contributed by atoms with van der Waals surface area (Å²) in [6.45, 7) is 7.76. The molecule has 0 spiro atoms. The Kier molecular flexibility index (Phi) is 2.67. The Morgan fingerprint density at radius 2 is 1.95 bits per heavy atom. The lowest BCUT2D eigenvalue weighted by Crippen LogP contribution is -2.31. The molecular weight excluding hydrogens is 236 g/mol. The second-order valence-electron chi connectivity index (χ2n) is 7.05. The minimum atomic E-state index is 0.191. The van der Waals surface area contributed by atoms with Crippen molar-refractivity contribution in [1.29, 1.82) is 0 Å². The minimum Gasteiger partial charge on any atom is -0.508 e. The third-order valence-corrected chi connectivity index (χ3v) is 4.65. The fourth-order valence-corrected chi connectivity index (χ4v) is 3.28. The van der Waals surface area contributed by atoms with Gasteiger partial charge >= 0.3 is 0 Å². The van der Waals surface area contributed by atoms with E-state index in [0.717, 1.165) is 24.4 Å². The summed E-state index contributed by atoms with van der Waals surface area (Å²) in [4.78, 5) is 0. The molecule has 0 saturated heterocycles. The number of phenols is 1. The van der Waals surface area contributed by atoms with Gasteiger partial charge in [-0.2, -0.15) is 0 Å². The van der Waals surface area contributed by atoms with Gasteiger partial charge in [0.25, 0.3) is 0 Å². The molecule has 1 aliphatic heterocycles. The van der Waals surface area contributed by atoms with E-state index in [1.807, 2.05) is 12.1 Å². The normalized spacial score (nSPS) is 29.0.